The number of rotatable bonds is 2. The number of halogens is 1. The quantitative estimate of drug-likeness (QED) is 0.737. The number of hydrogen-bond acceptors (Lipinski definition) is 1. The first-order valence-electron chi connectivity index (χ1n) is 6.66. The largest absolute Gasteiger partial charge is 0.289 e. The summed E-state index contributed by atoms with van der Waals surface area (Å²) in [6.07, 6.45) is 4.73. The van der Waals surface area contributed by atoms with E-state index in [4.69, 9.17) is 11.6 Å². The molecule has 0 radical (unpaired) electrons. The lowest BCUT2D eigenvalue weighted by Gasteiger charge is -2.16. The summed E-state index contributed by atoms with van der Waals surface area (Å²) in [6, 6.07) is 13.2. The summed E-state index contributed by atoms with van der Waals surface area (Å²) in [5.74, 6) is 0.0741. The molecular weight excluding hydrogens is 256 g/mol. The molecule has 0 amide bonds. The van der Waals surface area contributed by atoms with Crippen LogP contribution in [0.1, 0.15) is 39.9 Å². The fourth-order valence-electron chi connectivity index (χ4n) is 2.64. The number of aryl methyl sites for hydroxylation is 2. The second-order valence-corrected chi connectivity index (χ2v) is 5.46. The molecule has 2 aromatic carbocycles. The predicted molar refractivity (Wildman–Crippen MR) is 78.0 cm³/mol. The molecule has 1 aliphatic carbocycles. The number of ketones is 1. The van der Waals surface area contributed by atoms with E-state index < -0.39 is 0 Å². The molecule has 0 saturated carbocycles. The van der Waals surface area contributed by atoms with Gasteiger partial charge in [0.05, 0.1) is 0 Å². The van der Waals surface area contributed by atoms with Crippen LogP contribution in [-0.2, 0) is 12.8 Å². The highest BCUT2D eigenvalue weighted by Crippen LogP contribution is 2.23. The molecule has 1 nitrogen and oxygen atoms in total. The van der Waals surface area contributed by atoms with Crippen LogP contribution >= 0.6 is 11.6 Å². The SMILES string of the molecule is O=C(c1ccc(Cl)cc1)c1ccc2c(c1)CCCC2. The summed E-state index contributed by atoms with van der Waals surface area (Å²) < 4.78 is 0. The van der Waals surface area contributed by atoms with E-state index in [-0.39, 0.29) is 5.78 Å². The van der Waals surface area contributed by atoms with Crippen molar-refractivity contribution in [2.75, 3.05) is 0 Å². The van der Waals surface area contributed by atoms with Gasteiger partial charge in [0.1, 0.15) is 0 Å². The van der Waals surface area contributed by atoms with Crippen molar-refractivity contribution in [3.63, 3.8) is 0 Å². The topological polar surface area (TPSA) is 17.1 Å². The van der Waals surface area contributed by atoms with Gasteiger partial charge in [0, 0.05) is 16.1 Å². The summed E-state index contributed by atoms with van der Waals surface area (Å²) in [5.41, 5.74) is 4.22. The minimum atomic E-state index is 0.0741. The van der Waals surface area contributed by atoms with Crippen molar-refractivity contribution in [2.24, 2.45) is 0 Å². The number of carbonyl (C=O) groups is 1. The third-order valence-electron chi connectivity index (χ3n) is 3.72. The van der Waals surface area contributed by atoms with Gasteiger partial charge in [-0.05, 0) is 67.1 Å². The molecule has 2 aromatic rings. The molecule has 1 aliphatic rings. The lowest BCUT2D eigenvalue weighted by Crippen LogP contribution is -2.07. The van der Waals surface area contributed by atoms with E-state index in [2.05, 4.69) is 12.1 Å². The normalized spacial score (nSPS) is 13.9. The number of benzene rings is 2. The number of hydrogen-bond donors (Lipinski definition) is 0. The molecule has 96 valence electrons. The number of carbonyl (C=O) groups excluding carboxylic acids is 1. The Bertz CT molecular complexity index is 614. The van der Waals surface area contributed by atoms with E-state index >= 15 is 0 Å². The van der Waals surface area contributed by atoms with Crippen LogP contribution in [0, 0.1) is 0 Å². The Labute approximate surface area is 118 Å². The van der Waals surface area contributed by atoms with E-state index in [1.54, 1.807) is 24.3 Å². The lowest BCUT2D eigenvalue weighted by atomic mass is 9.89. The Morgan fingerprint density at radius 1 is 0.842 bits per heavy atom. The van der Waals surface area contributed by atoms with Gasteiger partial charge in [0.15, 0.2) is 5.78 Å². The Morgan fingerprint density at radius 2 is 1.47 bits per heavy atom. The fourth-order valence-corrected chi connectivity index (χ4v) is 2.77. The Hall–Kier alpha value is -1.60. The van der Waals surface area contributed by atoms with Crippen molar-refractivity contribution in [1.29, 1.82) is 0 Å². The van der Waals surface area contributed by atoms with Gasteiger partial charge in [-0.1, -0.05) is 23.7 Å². The molecule has 0 bridgehead atoms. The molecule has 0 atom stereocenters. The maximum absolute atomic E-state index is 12.4. The highest BCUT2D eigenvalue weighted by atomic mass is 35.5. The highest BCUT2D eigenvalue weighted by molar-refractivity contribution is 6.30. The van der Waals surface area contributed by atoms with Gasteiger partial charge in [-0.15, -0.1) is 0 Å². The monoisotopic (exact) mass is 270 g/mol. The van der Waals surface area contributed by atoms with Crippen LogP contribution in [0.15, 0.2) is 42.5 Å². The van der Waals surface area contributed by atoms with Gasteiger partial charge in [0.2, 0.25) is 0 Å². The zero-order chi connectivity index (χ0) is 13.2. The van der Waals surface area contributed by atoms with Crippen molar-refractivity contribution in [1.82, 2.24) is 0 Å². The van der Waals surface area contributed by atoms with Crippen LogP contribution in [0.4, 0.5) is 0 Å². The third-order valence-corrected chi connectivity index (χ3v) is 3.97. The Kier molecular flexibility index (Phi) is 3.39. The number of fused-ring (bicyclic) bond motifs is 1. The molecule has 0 unspecified atom stereocenters. The van der Waals surface area contributed by atoms with Gasteiger partial charge in [-0.2, -0.15) is 0 Å². The predicted octanol–water partition coefficient (Wildman–Crippen LogP) is 4.45. The maximum atomic E-state index is 12.4. The van der Waals surface area contributed by atoms with Gasteiger partial charge in [-0.3, -0.25) is 4.79 Å². The van der Waals surface area contributed by atoms with Crippen molar-refractivity contribution < 1.29 is 4.79 Å². The minimum Gasteiger partial charge on any atom is -0.289 e. The molecule has 0 fully saturated rings. The Morgan fingerprint density at radius 3 is 2.21 bits per heavy atom. The summed E-state index contributed by atoms with van der Waals surface area (Å²) >= 11 is 5.85. The molecule has 0 N–H and O–H groups in total. The molecule has 0 heterocycles. The molecule has 0 spiro atoms. The molecule has 0 aromatic heterocycles. The fraction of sp³-hybridized carbons (Fsp3) is 0.235. The first-order valence-corrected chi connectivity index (χ1v) is 7.04. The van der Waals surface area contributed by atoms with Gasteiger partial charge >= 0.3 is 0 Å². The smallest absolute Gasteiger partial charge is 0.193 e. The molecule has 0 saturated heterocycles. The van der Waals surface area contributed by atoms with Gasteiger partial charge in [-0.25, -0.2) is 0 Å². The van der Waals surface area contributed by atoms with Crippen LogP contribution in [0.3, 0.4) is 0 Å². The van der Waals surface area contributed by atoms with E-state index in [0.29, 0.717) is 10.6 Å². The summed E-state index contributed by atoms with van der Waals surface area (Å²) in [7, 11) is 0. The first-order chi connectivity index (χ1) is 9.24. The molecule has 19 heavy (non-hydrogen) atoms. The zero-order valence-electron chi connectivity index (χ0n) is 10.7. The second kappa shape index (κ2) is 5.18. The van der Waals surface area contributed by atoms with Crippen LogP contribution in [0.25, 0.3) is 0 Å². The van der Waals surface area contributed by atoms with Crippen molar-refractivity contribution in [2.45, 2.75) is 25.7 Å². The van der Waals surface area contributed by atoms with E-state index in [9.17, 15) is 4.79 Å². The van der Waals surface area contributed by atoms with E-state index in [0.717, 1.165) is 18.4 Å². The van der Waals surface area contributed by atoms with Crippen molar-refractivity contribution in [3.8, 4) is 0 Å². The van der Waals surface area contributed by atoms with Gasteiger partial charge < -0.3 is 0 Å². The second-order valence-electron chi connectivity index (χ2n) is 5.03. The lowest BCUT2D eigenvalue weighted by molar-refractivity contribution is 0.103. The molecule has 3 rings (SSSR count). The van der Waals surface area contributed by atoms with Gasteiger partial charge in [0.25, 0.3) is 0 Å². The summed E-state index contributed by atoms with van der Waals surface area (Å²) in [6.45, 7) is 0. The minimum absolute atomic E-state index is 0.0741. The molecular formula is C17H15ClO. The molecule has 0 aliphatic heterocycles. The summed E-state index contributed by atoms with van der Waals surface area (Å²) in [4.78, 5) is 12.4. The van der Waals surface area contributed by atoms with E-state index in [1.165, 1.54) is 24.0 Å². The average Bonchev–Trinajstić information content (AvgIpc) is 2.47. The summed E-state index contributed by atoms with van der Waals surface area (Å²) in [5, 5.41) is 0.655. The van der Waals surface area contributed by atoms with E-state index in [1.807, 2.05) is 6.07 Å². The molecule has 2 heteroatoms. The van der Waals surface area contributed by atoms with Crippen molar-refractivity contribution in [3.05, 3.63) is 69.7 Å². The standard InChI is InChI=1S/C17H15ClO/c18-16-9-7-13(8-10-16)17(19)15-6-5-12-3-1-2-4-14(12)11-15/h5-11H,1-4H2. The first kappa shape index (κ1) is 12.4. The van der Waals surface area contributed by atoms with Crippen LogP contribution < -0.4 is 0 Å². The average molecular weight is 271 g/mol. The van der Waals surface area contributed by atoms with Crippen LogP contribution in [-0.4, -0.2) is 5.78 Å². The van der Waals surface area contributed by atoms with Crippen LogP contribution in [0.5, 0.6) is 0 Å². The third kappa shape index (κ3) is 2.57. The maximum Gasteiger partial charge on any atom is 0.193 e. The zero-order valence-corrected chi connectivity index (χ0v) is 11.4. The highest BCUT2D eigenvalue weighted by Gasteiger charge is 2.14. The Balaban J connectivity index is 1.93. The van der Waals surface area contributed by atoms with Crippen molar-refractivity contribution >= 4 is 17.4 Å². The van der Waals surface area contributed by atoms with Crippen LogP contribution in [0.2, 0.25) is 5.02 Å².